The summed E-state index contributed by atoms with van der Waals surface area (Å²) in [6.45, 7) is 1.89. The molecule has 0 radical (unpaired) electrons. The van der Waals surface area contributed by atoms with Gasteiger partial charge in [-0.3, -0.25) is 14.8 Å². The monoisotopic (exact) mass is 403 g/mol. The van der Waals surface area contributed by atoms with Crippen molar-refractivity contribution >= 4 is 41.0 Å². The summed E-state index contributed by atoms with van der Waals surface area (Å²) in [5.74, 6) is -1.55. The van der Waals surface area contributed by atoms with Crippen molar-refractivity contribution in [1.29, 1.82) is 0 Å². The number of carbonyl (C=O) groups is 2. The van der Waals surface area contributed by atoms with Gasteiger partial charge in [0.05, 0.1) is 10.0 Å². The van der Waals surface area contributed by atoms with E-state index >= 15 is 0 Å². The minimum atomic E-state index is -1.11. The molecule has 1 aromatic rings. The van der Waals surface area contributed by atoms with Gasteiger partial charge in [-0.1, -0.05) is 29.3 Å². The molecule has 0 aromatic heterocycles. The molecule has 0 fully saturated rings. The van der Waals surface area contributed by atoms with Crippen molar-refractivity contribution in [2.45, 2.75) is 32.4 Å². The fourth-order valence-corrected chi connectivity index (χ4v) is 2.84. The molecular weight excluding hydrogens is 381 g/mol. The number of hydrazine groups is 1. The standard InChI is InChI=1S/C16H23Cl2N5O3/c1-10(24)23(14(15(25)26)4-3-7-21-16(19)20)22(2)9-11-5-6-12(17)13(18)8-11/h5-6,8,14H,3-4,7,9H2,1-2H3,(H,25,26)(H4,19,20,21)/t14-/m0/s1. The number of aliphatic imine (C=N–C) groups is 1. The third-order valence-corrected chi connectivity index (χ3v) is 4.34. The molecule has 26 heavy (non-hydrogen) atoms. The number of hydrogen-bond donors (Lipinski definition) is 3. The molecule has 5 N–H and O–H groups in total. The van der Waals surface area contributed by atoms with Crippen molar-refractivity contribution in [2.24, 2.45) is 16.5 Å². The molecule has 1 rings (SSSR count). The Balaban J connectivity index is 2.90. The second-order valence-corrected chi connectivity index (χ2v) is 6.55. The van der Waals surface area contributed by atoms with E-state index in [1.807, 2.05) is 0 Å². The van der Waals surface area contributed by atoms with E-state index in [1.54, 1.807) is 30.3 Å². The summed E-state index contributed by atoms with van der Waals surface area (Å²) >= 11 is 11.9. The molecule has 1 atom stereocenters. The Kier molecular flexibility index (Phi) is 8.64. The number of guanidine groups is 1. The Morgan fingerprint density at radius 2 is 1.92 bits per heavy atom. The lowest BCUT2D eigenvalue weighted by molar-refractivity contribution is -0.166. The van der Waals surface area contributed by atoms with Crippen LogP contribution in [-0.4, -0.2) is 52.6 Å². The molecule has 0 bridgehead atoms. The molecule has 1 aromatic carbocycles. The van der Waals surface area contributed by atoms with Crippen LogP contribution in [-0.2, 0) is 16.1 Å². The first-order chi connectivity index (χ1) is 12.1. The Bertz CT molecular complexity index is 680. The summed E-state index contributed by atoms with van der Waals surface area (Å²) < 4.78 is 0. The van der Waals surface area contributed by atoms with Crippen LogP contribution < -0.4 is 11.5 Å². The number of carboxylic acid groups (broad SMARTS) is 1. The Labute approximate surface area is 162 Å². The SMILES string of the molecule is CC(=O)N([C@@H](CCCN=C(N)N)C(=O)O)N(C)Cc1ccc(Cl)c(Cl)c1. The molecule has 144 valence electrons. The van der Waals surface area contributed by atoms with Crippen molar-refractivity contribution in [3.05, 3.63) is 33.8 Å². The van der Waals surface area contributed by atoms with Gasteiger partial charge in [0, 0.05) is 27.1 Å². The van der Waals surface area contributed by atoms with Crippen molar-refractivity contribution in [3.63, 3.8) is 0 Å². The summed E-state index contributed by atoms with van der Waals surface area (Å²) in [5, 5.41) is 13.1. The molecule has 8 nitrogen and oxygen atoms in total. The van der Waals surface area contributed by atoms with E-state index in [-0.39, 0.29) is 31.4 Å². The Hall–Kier alpha value is -2.03. The van der Waals surface area contributed by atoms with Gasteiger partial charge >= 0.3 is 5.97 Å². The molecule has 0 aliphatic carbocycles. The second kappa shape index (κ2) is 10.2. The van der Waals surface area contributed by atoms with Crippen LogP contribution in [0.2, 0.25) is 10.0 Å². The van der Waals surface area contributed by atoms with Crippen molar-refractivity contribution in [2.75, 3.05) is 13.6 Å². The van der Waals surface area contributed by atoms with Gasteiger partial charge in [-0.25, -0.2) is 9.80 Å². The number of carboxylic acids is 1. The molecule has 0 saturated carbocycles. The number of carbonyl (C=O) groups excluding carboxylic acids is 1. The van der Waals surface area contributed by atoms with E-state index in [4.69, 9.17) is 34.7 Å². The number of benzene rings is 1. The van der Waals surface area contributed by atoms with Gasteiger partial charge in [0.2, 0.25) is 5.91 Å². The van der Waals surface area contributed by atoms with Crippen LogP contribution in [0.4, 0.5) is 0 Å². The molecule has 0 heterocycles. The summed E-state index contributed by atoms with van der Waals surface area (Å²) in [7, 11) is 1.63. The highest BCUT2D eigenvalue weighted by Gasteiger charge is 2.30. The third kappa shape index (κ3) is 6.70. The fraction of sp³-hybridized carbons (Fsp3) is 0.438. The summed E-state index contributed by atoms with van der Waals surface area (Å²) in [6.07, 6.45) is 0.622. The second-order valence-electron chi connectivity index (χ2n) is 5.73. The van der Waals surface area contributed by atoms with E-state index in [1.165, 1.54) is 11.9 Å². The number of amides is 1. The van der Waals surface area contributed by atoms with Gasteiger partial charge in [0.15, 0.2) is 5.96 Å². The minimum absolute atomic E-state index is 0.0583. The lowest BCUT2D eigenvalue weighted by Crippen LogP contribution is -2.52. The van der Waals surface area contributed by atoms with Gasteiger partial charge < -0.3 is 16.6 Å². The van der Waals surface area contributed by atoms with Gasteiger partial charge in [-0.05, 0) is 30.5 Å². The summed E-state index contributed by atoms with van der Waals surface area (Å²) in [5.41, 5.74) is 11.3. The zero-order valence-corrected chi connectivity index (χ0v) is 16.2. The normalized spacial score (nSPS) is 11.9. The largest absolute Gasteiger partial charge is 0.480 e. The molecule has 0 spiro atoms. The van der Waals surface area contributed by atoms with E-state index in [2.05, 4.69) is 4.99 Å². The number of nitrogens with two attached hydrogens (primary N) is 2. The van der Waals surface area contributed by atoms with Crippen LogP contribution >= 0.6 is 23.2 Å². The number of halogens is 2. The number of hydrogen-bond acceptors (Lipinski definition) is 4. The zero-order valence-electron chi connectivity index (χ0n) is 14.7. The topological polar surface area (TPSA) is 125 Å². The van der Waals surface area contributed by atoms with E-state index in [9.17, 15) is 14.7 Å². The van der Waals surface area contributed by atoms with E-state index in [0.717, 1.165) is 5.56 Å². The van der Waals surface area contributed by atoms with Crippen LogP contribution in [0.3, 0.4) is 0 Å². The maximum absolute atomic E-state index is 12.1. The van der Waals surface area contributed by atoms with Crippen LogP contribution in [0.15, 0.2) is 23.2 Å². The summed E-state index contributed by atoms with van der Waals surface area (Å²) in [4.78, 5) is 27.6. The van der Waals surface area contributed by atoms with Crippen LogP contribution in [0.25, 0.3) is 0 Å². The quantitative estimate of drug-likeness (QED) is 0.249. The van der Waals surface area contributed by atoms with Crippen LogP contribution in [0.5, 0.6) is 0 Å². The minimum Gasteiger partial charge on any atom is -0.480 e. The molecule has 0 saturated heterocycles. The van der Waals surface area contributed by atoms with Crippen molar-refractivity contribution in [3.8, 4) is 0 Å². The first-order valence-electron chi connectivity index (χ1n) is 7.86. The lowest BCUT2D eigenvalue weighted by atomic mass is 10.1. The average Bonchev–Trinajstić information content (AvgIpc) is 2.52. The van der Waals surface area contributed by atoms with Crippen molar-refractivity contribution < 1.29 is 14.7 Å². The van der Waals surface area contributed by atoms with Crippen LogP contribution in [0.1, 0.15) is 25.3 Å². The van der Waals surface area contributed by atoms with Gasteiger partial charge in [0.25, 0.3) is 0 Å². The lowest BCUT2D eigenvalue weighted by Gasteiger charge is -2.35. The number of nitrogens with zero attached hydrogens (tertiary/aromatic N) is 3. The zero-order chi connectivity index (χ0) is 19.9. The smallest absolute Gasteiger partial charge is 0.328 e. The maximum atomic E-state index is 12.1. The average molecular weight is 404 g/mol. The Morgan fingerprint density at radius 1 is 1.27 bits per heavy atom. The third-order valence-electron chi connectivity index (χ3n) is 3.60. The fourth-order valence-electron chi connectivity index (χ4n) is 2.52. The number of aliphatic carboxylic acids is 1. The van der Waals surface area contributed by atoms with Crippen LogP contribution in [0, 0.1) is 0 Å². The highest BCUT2D eigenvalue weighted by atomic mass is 35.5. The van der Waals surface area contributed by atoms with Gasteiger partial charge in [0.1, 0.15) is 6.04 Å². The summed E-state index contributed by atoms with van der Waals surface area (Å²) in [6, 6.07) is 4.05. The van der Waals surface area contributed by atoms with E-state index in [0.29, 0.717) is 16.5 Å². The first kappa shape index (κ1) is 22.0. The molecule has 0 aliphatic heterocycles. The predicted octanol–water partition coefficient (Wildman–Crippen LogP) is 1.70. The Morgan fingerprint density at radius 3 is 2.42 bits per heavy atom. The predicted molar refractivity (Wildman–Crippen MR) is 102 cm³/mol. The molecule has 1 amide bonds. The van der Waals surface area contributed by atoms with E-state index < -0.39 is 12.0 Å². The maximum Gasteiger partial charge on any atom is 0.328 e. The van der Waals surface area contributed by atoms with Gasteiger partial charge in [-0.2, -0.15) is 0 Å². The molecule has 0 aliphatic rings. The highest BCUT2D eigenvalue weighted by Crippen LogP contribution is 2.24. The van der Waals surface area contributed by atoms with Crippen molar-refractivity contribution in [1.82, 2.24) is 10.0 Å². The molecular formula is C16H23Cl2N5O3. The molecule has 10 heteroatoms. The first-order valence-corrected chi connectivity index (χ1v) is 8.62. The molecule has 0 unspecified atom stereocenters. The number of rotatable bonds is 9. The van der Waals surface area contributed by atoms with Gasteiger partial charge in [-0.15, -0.1) is 0 Å². The highest BCUT2D eigenvalue weighted by molar-refractivity contribution is 6.42.